The van der Waals surface area contributed by atoms with Gasteiger partial charge >= 0.3 is 0 Å². The molecule has 2 heterocycles. The molecule has 142 valence electrons. The first-order valence-electron chi connectivity index (χ1n) is 9.04. The number of nitrogens with one attached hydrogen (secondary N) is 1. The first kappa shape index (κ1) is 20.6. The van der Waals surface area contributed by atoms with Crippen molar-refractivity contribution >= 4 is 29.9 Å². The first-order chi connectivity index (χ1) is 12.3. The second-order valence-electron chi connectivity index (χ2n) is 6.29. The molecule has 1 saturated heterocycles. The summed E-state index contributed by atoms with van der Waals surface area (Å²) in [5.74, 6) is 2.88. The van der Waals surface area contributed by atoms with E-state index in [1.54, 1.807) is 13.4 Å². The Hall–Kier alpha value is -1.70. The van der Waals surface area contributed by atoms with Gasteiger partial charge in [-0.1, -0.05) is 12.1 Å². The SMILES string of the molecule is COc1ccc(CN=C(NCCc2ccco2)N2CCCCC2)cc1.I. The molecule has 0 saturated carbocycles. The fourth-order valence-electron chi connectivity index (χ4n) is 3.02. The summed E-state index contributed by atoms with van der Waals surface area (Å²) in [5.41, 5.74) is 1.18. The molecule has 1 fully saturated rings. The summed E-state index contributed by atoms with van der Waals surface area (Å²) in [6.45, 7) is 3.65. The molecule has 0 aliphatic carbocycles. The maximum Gasteiger partial charge on any atom is 0.194 e. The van der Waals surface area contributed by atoms with E-state index in [1.807, 2.05) is 24.3 Å². The predicted molar refractivity (Wildman–Crippen MR) is 115 cm³/mol. The van der Waals surface area contributed by atoms with Crippen LogP contribution in [0.2, 0.25) is 0 Å². The lowest BCUT2D eigenvalue weighted by Gasteiger charge is -2.30. The van der Waals surface area contributed by atoms with Gasteiger partial charge < -0.3 is 19.4 Å². The molecule has 0 unspecified atom stereocenters. The molecule has 1 N–H and O–H groups in total. The molecule has 0 amide bonds. The lowest BCUT2D eigenvalue weighted by Crippen LogP contribution is -2.44. The minimum Gasteiger partial charge on any atom is -0.497 e. The highest BCUT2D eigenvalue weighted by Gasteiger charge is 2.14. The monoisotopic (exact) mass is 469 g/mol. The normalized spacial score (nSPS) is 14.7. The number of methoxy groups -OCH3 is 1. The van der Waals surface area contributed by atoms with Crippen molar-refractivity contribution in [1.82, 2.24) is 10.2 Å². The van der Waals surface area contributed by atoms with Crippen molar-refractivity contribution in [2.45, 2.75) is 32.2 Å². The standard InChI is InChI=1S/C20H27N3O2.HI/c1-24-18-9-7-17(8-10-18)16-22-20(23-13-3-2-4-14-23)21-12-11-19-6-5-15-25-19;/h5-10,15H,2-4,11-14,16H2,1H3,(H,21,22);1H. The number of likely N-dealkylation sites (tertiary alicyclic amines) is 1. The van der Waals surface area contributed by atoms with Crippen LogP contribution in [0.15, 0.2) is 52.1 Å². The van der Waals surface area contributed by atoms with Gasteiger partial charge in [0.25, 0.3) is 0 Å². The molecule has 0 atom stereocenters. The Labute approximate surface area is 172 Å². The van der Waals surface area contributed by atoms with Crippen LogP contribution < -0.4 is 10.1 Å². The van der Waals surface area contributed by atoms with Crippen LogP contribution in [-0.2, 0) is 13.0 Å². The molecule has 5 nitrogen and oxygen atoms in total. The fourth-order valence-corrected chi connectivity index (χ4v) is 3.02. The van der Waals surface area contributed by atoms with Gasteiger partial charge in [-0.3, -0.25) is 0 Å². The Morgan fingerprint density at radius 2 is 1.92 bits per heavy atom. The smallest absolute Gasteiger partial charge is 0.194 e. The third-order valence-electron chi connectivity index (χ3n) is 4.46. The van der Waals surface area contributed by atoms with E-state index in [9.17, 15) is 0 Å². The Kier molecular flexibility index (Phi) is 8.80. The predicted octanol–water partition coefficient (Wildman–Crippen LogP) is 4.08. The summed E-state index contributed by atoms with van der Waals surface area (Å²) >= 11 is 0. The average molecular weight is 469 g/mol. The maximum atomic E-state index is 5.41. The zero-order valence-corrected chi connectivity index (χ0v) is 17.6. The first-order valence-corrected chi connectivity index (χ1v) is 9.04. The van der Waals surface area contributed by atoms with E-state index in [0.717, 1.165) is 43.5 Å². The molecule has 1 aliphatic rings. The molecule has 1 aliphatic heterocycles. The molecule has 3 rings (SSSR count). The van der Waals surface area contributed by atoms with E-state index in [0.29, 0.717) is 6.54 Å². The zero-order chi connectivity index (χ0) is 17.3. The second kappa shape index (κ2) is 11.1. The summed E-state index contributed by atoms with van der Waals surface area (Å²) in [5, 5.41) is 3.51. The van der Waals surface area contributed by atoms with Crippen molar-refractivity contribution in [3.8, 4) is 5.75 Å². The summed E-state index contributed by atoms with van der Waals surface area (Å²) < 4.78 is 10.6. The van der Waals surface area contributed by atoms with Crippen LogP contribution in [0.3, 0.4) is 0 Å². The third kappa shape index (κ3) is 6.23. The maximum absolute atomic E-state index is 5.41. The van der Waals surface area contributed by atoms with Crippen LogP contribution in [0.4, 0.5) is 0 Å². The Morgan fingerprint density at radius 3 is 2.58 bits per heavy atom. The lowest BCUT2D eigenvalue weighted by molar-refractivity contribution is 0.330. The minimum absolute atomic E-state index is 0. The largest absolute Gasteiger partial charge is 0.497 e. The van der Waals surface area contributed by atoms with Crippen molar-refractivity contribution in [2.75, 3.05) is 26.7 Å². The molecule has 26 heavy (non-hydrogen) atoms. The number of piperidine rings is 1. The number of furan rings is 1. The summed E-state index contributed by atoms with van der Waals surface area (Å²) in [7, 11) is 1.69. The van der Waals surface area contributed by atoms with E-state index in [4.69, 9.17) is 14.1 Å². The van der Waals surface area contributed by atoms with Crippen LogP contribution in [0.25, 0.3) is 0 Å². The molecule has 6 heteroatoms. The van der Waals surface area contributed by atoms with Crippen LogP contribution in [0, 0.1) is 0 Å². The van der Waals surface area contributed by atoms with E-state index in [-0.39, 0.29) is 24.0 Å². The van der Waals surface area contributed by atoms with Crippen LogP contribution in [0.5, 0.6) is 5.75 Å². The number of rotatable bonds is 6. The zero-order valence-electron chi connectivity index (χ0n) is 15.3. The number of guanidine groups is 1. The van der Waals surface area contributed by atoms with Crippen molar-refractivity contribution in [1.29, 1.82) is 0 Å². The fraction of sp³-hybridized carbons (Fsp3) is 0.450. The lowest BCUT2D eigenvalue weighted by atomic mass is 10.1. The van der Waals surface area contributed by atoms with Crippen molar-refractivity contribution < 1.29 is 9.15 Å². The van der Waals surface area contributed by atoms with Crippen LogP contribution in [-0.4, -0.2) is 37.6 Å². The number of hydrogen-bond acceptors (Lipinski definition) is 3. The number of nitrogens with zero attached hydrogens (tertiary/aromatic N) is 2. The highest BCUT2D eigenvalue weighted by atomic mass is 127. The van der Waals surface area contributed by atoms with Gasteiger partial charge in [0, 0.05) is 26.1 Å². The summed E-state index contributed by atoms with van der Waals surface area (Å²) in [6, 6.07) is 12.0. The molecule has 0 radical (unpaired) electrons. The second-order valence-corrected chi connectivity index (χ2v) is 6.29. The Balaban J connectivity index is 0.00000243. The highest BCUT2D eigenvalue weighted by Crippen LogP contribution is 2.13. The van der Waals surface area contributed by atoms with Crippen molar-refractivity contribution in [3.05, 3.63) is 54.0 Å². The Morgan fingerprint density at radius 1 is 1.15 bits per heavy atom. The number of aliphatic imine (C=N–C) groups is 1. The molecule has 1 aromatic carbocycles. The van der Waals surface area contributed by atoms with E-state index in [1.165, 1.54) is 24.8 Å². The highest BCUT2D eigenvalue weighted by molar-refractivity contribution is 14.0. The van der Waals surface area contributed by atoms with Crippen molar-refractivity contribution in [3.63, 3.8) is 0 Å². The van der Waals surface area contributed by atoms with Gasteiger partial charge in [-0.05, 0) is 49.1 Å². The third-order valence-corrected chi connectivity index (χ3v) is 4.46. The molecule has 2 aromatic rings. The van der Waals surface area contributed by atoms with Crippen molar-refractivity contribution in [2.24, 2.45) is 4.99 Å². The number of hydrogen-bond donors (Lipinski definition) is 1. The van der Waals surface area contributed by atoms with Gasteiger partial charge in [0.15, 0.2) is 5.96 Å². The van der Waals surface area contributed by atoms with Gasteiger partial charge in [0.05, 0.1) is 19.9 Å². The average Bonchev–Trinajstić information content (AvgIpc) is 3.19. The summed E-state index contributed by atoms with van der Waals surface area (Å²) in [4.78, 5) is 7.22. The van der Waals surface area contributed by atoms with Gasteiger partial charge in [0.2, 0.25) is 0 Å². The van der Waals surface area contributed by atoms with E-state index >= 15 is 0 Å². The number of halogens is 1. The van der Waals surface area contributed by atoms with Crippen LogP contribution >= 0.6 is 24.0 Å². The van der Waals surface area contributed by atoms with Gasteiger partial charge in [-0.25, -0.2) is 4.99 Å². The summed E-state index contributed by atoms with van der Waals surface area (Å²) in [6.07, 6.45) is 6.37. The van der Waals surface area contributed by atoms with E-state index in [2.05, 4.69) is 22.3 Å². The number of benzene rings is 1. The molecular formula is C20H28IN3O2. The molecule has 1 aromatic heterocycles. The molecule has 0 spiro atoms. The van der Waals surface area contributed by atoms with Crippen LogP contribution in [0.1, 0.15) is 30.6 Å². The van der Waals surface area contributed by atoms with Gasteiger partial charge in [-0.15, -0.1) is 24.0 Å². The van der Waals surface area contributed by atoms with E-state index < -0.39 is 0 Å². The van der Waals surface area contributed by atoms with Gasteiger partial charge in [0.1, 0.15) is 11.5 Å². The Bertz CT molecular complexity index is 650. The minimum atomic E-state index is 0. The number of ether oxygens (including phenoxy) is 1. The van der Waals surface area contributed by atoms with Gasteiger partial charge in [-0.2, -0.15) is 0 Å². The quantitative estimate of drug-likeness (QED) is 0.394. The topological polar surface area (TPSA) is 50.0 Å². The molecule has 0 bridgehead atoms. The molecular weight excluding hydrogens is 441 g/mol.